The van der Waals surface area contributed by atoms with Crippen LogP contribution in [0.4, 0.5) is 5.69 Å². The van der Waals surface area contributed by atoms with Gasteiger partial charge in [-0.15, -0.1) is 0 Å². The molecule has 0 aliphatic carbocycles. The lowest BCUT2D eigenvalue weighted by atomic mass is 9.83. The van der Waals surface area contributed by atoms with E-state index in [1.54, 1.807) is 0 Å². The first-order valence-corrected chi connectivity index (χ1v) is 7.39. The minimum Gasteiger partial charge on any atom is -0.378 e. The molecule has 1 aromatic rings. The normalized spacial score (nSPS) is 20.6. The molecule has 1 aliphatic heterocycles. The van der Waals surface area contributed by atoms with Gasteiger partial charge in [-0.25, -0.2) is 8.42 Å². The van der Waals surface area contributed by atoms with Crippen LogP contribution >= 0.6 is 0 Å². The number of benzene rings is 1. The fraction of sp³-hybridized carbons (Fsp3) is 0.500. The average molecular weight is 254 g/mol. The largest absolute Gasteiger partial charge is 0.378 e. The van der Waals surface area contributed by atoms with Crippen LogP contribution in [0, 0.1) is 0 Å². The van der Waals surface area contributed by atoms with Crippen molar-refractivity contribution in [3.63, 3.8) is 0 Å². The number of nitrogens with two attached hydrogens (primary N) is 1. The molecule has 0 unspecified atom stereocenters. The molecule has 1 heterocycles. The van der Waals surface area contributed by atoms with Gasteiger partial charge >= 0.3 is 0 Å². The first-order chi connectivity index (χ1) is 7.88. The lowest BCUT2D eigenvalue weighted by molar-refractivity contribution is 0.465. The molecular formula is C12H18N2O2S. The van der Waals surface area contributed by atoms with Crippen LogP contribution in [-0.4, -0.2) is 40.6 Å². The summed E-state index contributed by atoms with van der Waals surface area (Å²) in [6.45, 7) is 0.382. The van der Waals surface area contributed by atoms with E-state index in [0.717, 1.165) is 11.3 Å². The molecule has 1 aromatic carbocycles. The molecule has 4 nitrogen and oxygen atoms in total. The van der Waals surface area contributed by atoms with Crippen LogP contribution in [0.2, 0.25) is 0 Å². The highest BCUT2D eigenvalue weighted by molar-refractivity contribution is 7.93. The van der Waals surface area contributed by atoms with E-state index < -0.39 is 9.84 Å². The minimum absolute atomic E-state index is 0.178. The van der Waals surface area contributed by atoms with Gasteiger partial charge in [-0.2, -0.15) is 0 Å². The molecule has 17 heavy (non-hydrogen) atoms. The highest BCUT2D eigenvalue weighted by atomic mass is 32.2. The molecule has 5 heteroatoms. The summed E-state index contributed by atoms with van der Waals surface area (Å²) in [6, 6.07) is 7.96. The Balaban J connectivity index is 2.28. The summed E-state index contributed by atoms with van der Waals surface area (Å²) in [6.07, 6.45) is 0. The molecule has 2 N–H and O–H groups in total. The van der Waals surface area contributed by atoms with E-state index in [1.165, 1.54) is 0 Å². The second-order valence-electron chi connectivity index (χ2n) is 4.96. The van der Waals surface area contributed by atoms with Crippen LogP contribution in [-0.2, 0) is 15.3 Å². The predicted molar refractivity (Wildman–Crippen MR) is 70.2 cm³/mol. The SMILES string of the molecule is CN(C)c1ccc(C2(CN)CS(=O)(=O)C2)cc1. The first-order valence-electron chi connectivity index (χ1n) is 5.57. The van der Waals surface area contributed by atoms with Crippen molar-refractivity contribution in [2.45, 2.75) is 5.41 Å². The van der Waals surface area contributed by atoms with E-state index in [2.05, 4.69) is 0 Å². The molecule has 1 saturated heterocycles. The van der Waals surface area contributed by atoms with E-state index in [4.69, 9.17) is 5.73 Å². The molecule has 1 fully saturated rings. The van der Waals surface area contributed by atoms with E-state index >= 15 is 0 Å². The number of hydrogen-bond acceptors (Lipinski definition) is 4. The second kappa shape index (κ2) is 3.99. The molecule has 2 rings (SSSR count). The van der Waals surface area contributed by atoms with Crippen molar-refractivity contribution in [2.75, 3.05) is 37.0 Å². The van der Waals surface area contributed by atoms with Crippen LogP contribution < -0.4 is 10.6 Å². The van der Waals surface area contributed by atoms with Gasteiger partial charge in [0.15, 0.2) is 9.84 Å². The zero-order valence-corrected chi connectivity index (χ0v) is 11.0. The molecule has 0 spiro atoms. The molecule has 0 amide bonds. The van der Waals surface area contributed by atoms with Gasteiger partial charge in [-0.1, -0.05) is 12.1 Å². The third kappa shape index (κ3) is 2.17. The van der Waals surface area contributed by atoms with Crippen LogP contribution in [0.5, 0.6) is 0 Å². The van der Waals surface area contributed by atoms with Gasteiger partial charge in [0, 0.05) is 31.7 Å². The summed E-state index contributed by atoms with van der Waals surface area (Å²) in [5.74, 6) is 0.357. The van der Waals surface area contributed by atoms with Crippen molar-refractivity contribution in [1.29, 1.82) is 0 Å². The zero-order chi connectivity index (χ0) is 12.7. The van der Waals surface area contributed by atoms with Crippen molar-refractivity contribution in [1.82, 2.24) is 0 Å². The maximum absolute atomic E-state index is 11.3. The third-order valence-electron chi connectivity index (χ3n) is 3.38. The number of sulfone groups is 1. The fourth-order valence-corrected chi connectivity index (χ4v) is 4.48. The Kier molecular flexibility index (Phi) is 2.91. The highest BCUT2D eigenvalue weighted by Gasteiger charge is 2.48. The fourth-order valence-electron chi connectivity index (χ4n) is 2.32. The third-order valence-corrected chi connectivity index (χ3v) is 5.36. The monoisotopic (exact) mass is 254 g/mol. The molecule has 1 aliphatic rings. The Hall–Kier alpha value is -1.07. The van der Waals surface area contributed by atoms with Crippen molar-refractivity contribution >= 4 is 15.5 Å². The standard InChI is InChI=1S/C12H18N2O2S/c1-14(2)11-5-3-10(4-6-11)12(7-13)8-17(15,16)9-12/h3-6H,7-9,13H2,1-2H3. The topological polar surface area (TPSA) is 63.4 Å². The van der Waals surface area contributed by atoms with Crippen molar-refractivity contribution in [3.05, 3.63) is 29.8 Å². The molecule has 0 atom stereocenters. The Bertz CT molecular complexity index is 494. The van der Waals surface area contributed by atoms with E-state index in [9.17, 15) is 8.42 Å². The summed E-state index contributed by atoms with van der Waals surface area (Å²) in [7, 11) is 1.08. The first kappa shape index (κ1) is 12.4. The van der Waals surface area contributed by atoms with Crippen molar-refractivity contribution in [3.8, 4) is 0 Å². The summed E-state index contributed by atoms with van der Waals surface area (Å²) >= 11 is 0. The Labute approximate surface area is 102 Å². The second-order valence-corrected chi connectivity index (χ2v) is 7.02. The van der Waals surface area contributed by atoms with Gasteiger partial charge in [0.2, 0.25) is 0 Å². The van der Waals surface area contributed by atoms with E-state index in [1.807, 2.05) is 43.3 Å². The quantitative estimate of drug-likeness (QED) is 0.847. The maximum atomic E-state index is 11.3. The van der Waals surface area contributed by atoms with Gasteiger partial charge in [-0.05, 0) is 17.7 Å². The van der Waals surface area contributed by atoms with Crippen LogP contribution in [0.15, 0.2) is 24.3 Å². The van der Waals surface area contributed by atoms with Gasteiger partial charge in [0.1, 0.15) is 0 Å². The van der Waals surface area contributed by atoms with Crippen LogP contribution in [0.1, 0.15) is 5.56 Å². The molecule has 0 radical (unpaired) electrons. The van der Waals surface area contributed by atoms with Crippen LogP contribution in [0.25, 0.3) is 0 Å². The number of rotatable bonds is 3. The van der Waals surface area contributed by atoms with Crippen LogP contribution in [0.3, 0.4) is 0 Å². The smallest absolute Gasteiger partial charge is 0.152 e. The molecular weight excluding hydrogens is 236 g/mol. The molecule has 0 aromatic heterocycles. The van der Waals surface area contributed by atoms with E-state index in [0.29, 0.717) is 6.54 Å². The highest BCUT2D eigenvalue weighted by Crippen LogP contribution is 2.36. The Morgan fingerprint density at radius 3 is 2.12 bits per heavy atom. The number of hydrogen-bond donors (Lipinski definition) is 1. The number of nitrogens with zero attached hydrogens (tertiary/aromatic N) is 1. The van der Waals surface area contributed by atoms with E-state index in [-0.39, 0.29) is 16.9 Å². The summed E-state index contributed by atoms with van der Waals surface area (Å²) in [4.78, 5) is 2.01. The molecule has 0 bridgehead atoms. The number of anilines is 1. The van der Waals surface area contributed by atoms with Crippen molar-refractivity contribution < 1.29 is 8.42 Å². The average Bonchev–Trinajstić information content (AvgIpc) is 2.25. The van der Waals surface area contributed by atoms with Gasteiger partial charge in [-0.3, -0.25) is 0 Å². The summed E-state index contributed by atoms with van der Waals surface area (Å²) in [5.41, 5.74) is 7.52. The lowest BCUT2D eigenvalue weighted by Crippen LogP contribution is -2.56. The molecule has 94 valence electrons. The summed E-state index contributed by atoms with van der Waals surface area (Å²) < 4.78 is 22.7. The Morgan fingerprint density at radius 1 is 1.24 bits per heavy atom. The minimum atomic E-state index is -2.87. The summed E-state index contributed by atoms with van der Waals surface area (Å²) in [5, 5.41) is 0. The lowest BCUT2D eigenvalue weighted by Gasteiger charge is -2.40. The predicted octanol–water partition coefficient (Wildman–Crippen LogP) is 0.378. The van der Waals surface area contributed by atoms with Gasteiger partial charge in [0.25, 0.3) is 0 Å². The van der Waals surface area contributed by atoms with Crippen molar-refractivity contribution in [2.24, 2.45) is 5.73 Å². The molecule has 0 saturated carbocycles. The van der Waals surface area contributed by atoms with Gasteiger partial charge < -0.3 is 10.6 Å². The maximum Gasteiger partial charge on any atom is 0.152 e. The van der Waals surface area contributed by atoms with Gasteiger partial charge in [0.05, 0.1) is 11.5 Å². The Morgan fingerprint density at radius 2 is 1.76 bits per heavy atom. The zero-order valence-electron chi connectivity index (χ0n) is 10.2.